The monoisotopic (exact) mass is 440 g/mol. The van der Waals surface area contributed by atoms with Crippen molar-refractivity contribution in [1.29, 1.82) is 0 Å². The summed E-state index contributed by atoms with van der Waals surface area (Å²) >= 11 is 0. The number of hydrogen-bond acceptors (Lipinski definition) is 5. The number of hydrogen-bond donors (Lipinski definition) is 2. The van der Waals surface area contributed by atoms with Crippen molar-refractivity contribution in [3.8, 4) is 0 Å². The summed E-state index contributed by atoms with van der Waals surface area (Å²) in [6.45, 7) is 3.86. The molecular formula is C23H24N2O5S. The Bertz CT molecular complexity index is 1170. The minimum Gasteiger partial charge on any atom is -0.455 e. The van der Waals surface area contributed by atoms with Gasteiger partial charge in [-0.15, -0.1) is 0 Å². The van der Waals surface area contributed by atoms with Gasteiger partial charge >= 0.3 is 0 Å². The van der Waals surface area contributed by atoms with Gasteiger partial charge in [-0.3, -0.25) is 9.59 Å². The van der Waals surface area contributed by atoms with Crippen molar-refractivity contribution in [3.63, 3.8) is 0 Å². The van der Waals surface area contributed by atoms with Crippen LogP contribution in [-0.4, -0.2) is 26.3 Å². The van der Waals surface area contributed by atoms with Crippen LogP contribution in [0.5, 0.6) is 0 Å². The maximum atomic E-state index is 12.6. The first kappa shape index (κ1) is 22.3. The number of nitrogens with one attached hydrogen (secondary N) is 2. The minimum absolute atomic E-state index is 0.00421. The van der Waals surface area contributed by atoms with E-state index in [0.29, 0.717) is 11.3 Å². The molecule has 3 rings (SSSR count). The Kier molecular flexibility index (Phi) is 6.91. The molecule has 0 bridgehead atoms. The number of anilines is 1. The molecular weight excluding hydrogens is 416 g/mol. The Labute approximate surface area is 181 Å². The van der Waals surface area contributed by atoms with E-state index in [4.69, 9.17) is 4.42 Å². The molecule has 1 atom stereocenters. The Morgan fingerprint density at radius 3 is 2.32 bits per heavy atom. The van der Waals surface area contributed by atoms with Crippen LogP contribution in [0.1, 0.15) is 46.9 Å². The van der Waals surface area contributed by atoms with Gasteiger partial charge in [0.15, 0.2) is 15.6 Å². The summed E-state index contributed by atoms with van der Waals surface area (Å²) in [5, 5.41) is 5.53. The Balaban J connectivity index is 1.73. The van der Waals surface area contributed by atoms with Crippen LogP contribution in [0.25, 0.3) is 0 Å². The van der Waals surface area contributed by atoms with E-state index < -0.39 is 15.7 Å². The van der Waals surface area contributed by atoms with Crippen LogP contribution in [0.2, 0.25) is 0 Å². The molecule has 8 heteroatoms. The zero-order valence-corrected chi connectivity index (χ0v) is 18.1. The fourth-order valence-electron chi connectivity index (χ4n) is 2.85. The fraction of sp³-hybridized carbons (Fsp3) is 0.217. The first-order chi connectivity index (χ1) is 14.8. The van der Waals surface area contributed by atoms with E-state index in [1.807, 2.05) is 13.8 Å². The highest BCUT2D eigenvalue weighted by Gasteiger charge is 2.20. The molecule has 3 aromatic rings. The lowest BCUT2D eigenvalue weighted by atomic mass is 10.1. The highest BCUT2D eigenvalue weighted by molar-refractivity contribution is 7.90. The molecule has 0 saturated carbocycles. The van der Waals surface area contributed by atoms with Crippen molar-refractivity contribution in [2.45, 2.75) is 37.0 Å². The summed E-state index contributed by atoms with van der Waals surface area (Å²) in [6.07, 6.45) is 0.779. The van der Waals surface area contributed by atoms with Crippen molar-refractivity contribution >= 4 is 27.3 Å². The third-order valence-electron chi connectivity index (χ3n) is 4.73. The van der Waals surface area contributed by atoms with Gasteiger partial charge in [0.1, 0.15) is 11.5 Å². The van der Waals surface area contributed by atoms with Crippen molar-refractivity contribution in [1.82, 2.24) is 5.32 Å². The summed E-state index contributed by atoms with van der Waals surface area (Å²) in [5.41, 5.74) is 0.665. The normalized spacial score (nSPS) is 12.2. The average molecular weight is 441 g/mol. The number of amides is 2. The standard InChI is InChI=1S/C23H24N2O5S/c1-3-16(2)24-22(26)19-11-7-8-12-20(19)25-23(27)21-14-13-17(30-21)15-31(28,29)18-9-5-4-6-10-18/h4-14,16H,3,15H2,1-2H3,(H,24,26)(H,25,27). The fourth-order valence-corrected chi connectivity index (χ4v) is 4.12. The lowest BCUT2D eigenvalue weighted by molar-refractivity contribution is 0.0940. The lowest BCUT2D eigenvalue weighted by Gasteiger charge is -2.14. The molecule has 0 aliphatic carbocycles. The molecule has 2 amide bonds. The van der Waals surface area contributed by atoms with Gasteiger partial charge < -0.3 is 15.1 Å². The van der Waals surface area contributed by atoms with Crippen LogP contribution in [-0.2, 0) is 15.6 Å². The molecule has 1 heterocycles. The third-order valence-corrected chi connectivity index (χ3v) is 6.38. The molecule has 0 spiro atoms. The molecule has 0 aliphatic rings. The largest absolute Gasteiger partial charge is 0.455 e. The van der Waals surface area contributed by atoms with Gasteiger partial charge in [0.2, 0.25) is 0 Å². The molecule has 31 heavy (non-hydrogen) atoms. The molecule has 0 aliphatic heterocycles. The van der Waals surface area contributed by atoms with Crippen LogP contribution in [0.4, 0.5) is 5.69 Å². The highest BCUT2D eigenvalue weighted by Crippen LogP contribution is 2.20. The summed E-state index contributed by atoms with van der Waals surface area (Å²) < 4.78 is 30.5. The molecule has 2 aromatic carbocycles. The first-order valence-corrected chi connectivity index (χ1v) is 11.5. The van der Waals surface area contributed by atoms with Crippen LogP contribution in [0, 0.1) is 0 Å². The number of carbonyl (C=O) groups excluding carboxylic acids is 2. The van der Waals surface area contributed by atoms with Gasteiger partial charge in [-0.25, -0.2) is 8.42 Å². The number of benzene rings is 2. The second-order valence-electron chi connectivity index (χ2n) is 7.12. The number of sulfone groups is 1. The van der Waals surface area contributed by atoms with E-state index in [0.717, 1.165) is 6.42 Å². The molecule has 1 aromatic heterocycles. The molecule has 2 N–H and O–H groups in total. The third kappa shape index (κ3) is 5.61. The van der Waals surface area contributed by atoms with E-state index in [1.54, 1.807) is 42.5 Å². The summed E-state index contributed by atoms with van der Waals surface area (Å²) in [7, 11) is -3.60. The van der Waals surface area contributed by atoms with Crippen LogP contribution in [0.15, 0.2) is 76.0 Å². The number of rotatable bonds is 8. The van der Waals surface area contributed by atoms with Gasteiger partial charge in [0.25, 0.3) is 11.8 Å². The second-order valence-corrected chi connectivity index (χ2v) is 9.11. The van der Waals surface area contributed by atoms with E-state index in [1.165, 1.54) is 24.3 Å². The Morgan fingerprint density at radius 1 is 0.935 bits per heavy atom. The number of furan rings is 1. The van der Waals surface area contributed by atoms with Crippen molar-refractivity contribution in [2.24, 2.45) is 0 Å². The SMILES string of the molecule is CCC(C)NC(=O)c1ccccc1NC(=O)c1ccc(CS(=O)(=O)c2ccccc2)o1. The van der Waals surface area contributed by atoms with Gasteiger partial charge in [-0.05, 0) is 49.7 Å². The first-order valence-electron chi connectivity index (χ1n) is 9.88. The van der Waals surface area contributed by atoms with Crippen molar-refractivity contribution < 1.29 is 22.4 Å². The predicted molar refractivity (Wildman–Crippen MR) is 118 cm³/mol. The van der Waals surface area contributed by atoms with Crippen LogP contribution >= 0.6 is 0 Å². The summed E-state index contributed by atoms with van der Waals surface area (Å²) in [5.74, 6) is -1.13. The topological polar surface area (TPSA) is 105 Å². The molecule has 0 saturated heterocycles. The van der Waals surface area contributed by atoms with E-state index in [2.05, 4.69) is 10.6 Å². The highest BCUT2D eigenvalue weighted by atomic mass is 32.2. The summed E-state index contributed by atoms with van der Waals surface area (Å²) in [6, 6.07) is 17.5. The van der Waals surface area contributed by atoms with Gasteiger partial charge in [-0.2, -0.15) is 0 Å². The maximum Gasteiger partial charge on any atom is 0.291 e. The van der Waals surface area contributed by atoms with Crippen LogP contribution < -0.4 is 10.6 Å². The minimum atomic E-state index is -3.60. The lowest BCUT2D eigenvalue weighted by Crippen LogP contribution is -2.32. The summed E-state index contributed by atoms with van der Waals surface area (Å²) in [4.78, 5) is 25.3. The molecule has 0 fully saturated rings. The Morgan fingerprint density at radius 2 is 1.61 bits per heavy atom. The van der Waals surface area contributed by atoms with Crippen LogP contribution in [0.3, 0.4) is 0 Å². The van der Waals surface area contributed by atoms with Gasteiger partial charge in [0.05, 0.1) is 16.1 Å². The van der Waals surface area contributed by atoms with Gasteiger partial charge in [0, 0.05) is 6.04 Å². The molecule has 1 unspecified atom stereocenters. The zero-order valence-electron chi connectivity index (χ0n) is 17.3. The Hall–Kier alpha value is -3.39. The second kappa shape index (κ2) is 9.61. The van der Waals surface area contributed by atoms with Crippen molar-refractivity contribution in [2.75, 3.05) is 5.32 Å². The quantitative estimate of drug-likeness (QED) is 0.550. The molecule has 7 nitrogen and oxygen atoms in total. The average Bonchev–Trinajstić information content (AvgIpc) is 3.22. The van der Waals surface area contributed by atoms with E-state index in [-0.39, 0.29) is 34.1 Å². The van der Waals surface area contributed by atoms with E-state index >= 15 is 0 Å². The predicted octanol–water partition coefficient (Wildman–Crippen LogP) is 4.03. The maximum absolute atomic E-state index is 12.6. The van der Waals surface area contributed by atoms with Crippen molar-refractivity contribution in [3.05, 3.63) is 83.8 Å². The zero-order chi connectivity index (χ0) is 22.4. The number of carbonyl (C=O) groups is 2. The molecule has 162 valence electrons. The van der Waals surface area contributed by atoms with E-state index in [9.17, 15) is 18.0 Å². The smallest absolute Gasteiger partial charge is 0.291 e. The van der Waals surface area contributed by atoms with Gasteiger partial charge in [-0.1, -0.05) is 37.3 Å². The number of para-hydroxylation sites is 1. The molecule has 0 radical (unpaired) electrons.